The number of halogens is 1. The predicted octanol–water partition coefficient (Wildman–Crippen LogP) is 1.45. The third-order valence-corrected chi connectivity index (χ3v) is 3.13. The number of anilines is 1. The summed E-state index contributed by atoms with van der Waals surface area (Å²) >= 11 is 6.00. The van der Waals surface area contributed by atoms with Crippen LogP contribution in [-0.2, 0) is 9.59 Å². The van der Waals surface area contributed by atoms with Gasteiger partial charge in [0.25, 0.3) is 0 Å². The molecule has 1 aliphatic rings. The van der Waals surface area contributed by atoms with Crippen molar-refractivity contribution in [1.82, 2.24) is 4.90 Å². The molecule has 0 saturated carbocycles. The first-order valence-electron chi connectivity index (χ1n) is 5.29. The Bertz CT molecular complexity index is 469. The molecule has 0 N–H and O–H groups in total. The fourth-order valence-corrected chi connectivity index (χ4v) is 1.98. The Kier molecular flexibility index (Phi) is 3.17. The topological polar surface area (TPSA) is 40.6 Å². The van der Waals surface area contributed by atoms with Gasteiger partial charge in [0.1, 0.15) is 0 Å². The molecule has 17 heavy (non-hydrogen) atoms. The van der Waals surface area contributed by atoms with Crippen molar-refractivity contribution in [3.63, 3.8) is 0 Å². The molecule has 0 bridgehead atoms. The third kappa shape index (κ3) is 2.33. The molecule has 4 nitrogen and oxygen atoms in total. The van der Waals surface area contributed by atoms with E-state index in [1.807, 2.05) is 6.92 Å². The molecule has 0 radical (unpaired) electrons. The van der Waals surface area contributed by atoms with Gasteiger partial charge in [0, 0.05) is 5.02 Å². The number of hydrogen-bond acceptors (Lipinski definition) is 3. The van der Waals surface area contributed by atoms with Crippen molar-refractivity contribution >= 4 is 29.1 Å². The second-order valence-corrected chi connectivity index (χ2v) is 4.64. The zero-order valence-electron chi connectivity index (χ0n) is 9.74. The number of nitrogens with zero attached hydrogens (tertiary/aromatic N) is 2. The van der Waals surface area contributed by atoms with E-state index in [2.05, 4.69) is 0 Å². The van der Waals surface area contributed by atoms with Crippen molar-refractivity contribution in [2.24, 2.45) is 0 Å². The Labute approximate surface area is 105 Å². The molecule has 1 aromatic rings. The standard InChI is InChI=1S/C12H13ClN2O2/c1-8-3-4-9(5-10(8)13)15-11(16)6-14(2)7-12(15)17/h3-5H,6-7H2,1-2H3. The summed E-state index contributed by atoms with van der Waals surface area (Å²) < 4.78 is 0. The van der Waals surface area contributed by atoms with E-state index in [1.165, 1.54) is 4.90 Å². The maximum atomic E-state index is 11.8. The fraction of sp³-hybridized carbons (Fsp3) is 0.333. The predicted molar refractivity (Wildman–Crippen MR) is 66.2 cm³/mol. The van der Waals surface area contributed by atoms with Crippen LogP contribution in [-0.4, -0.2) is 36.9 Å². The van der Waals surface area contributed by atoms with Crippen LogP contribution < -0.4 is 4.90 Å². The summed E-state index contributed by atoms with van der Waals surface area (Å²) in [5.41, 5.74) is 1.47. The van der Waals surface area contributed by atoms with Crippen LogP contribution in [0.2, 0.25) is 5.02 Å². The normalized spacial score (nSPS) is 17.7. The van der Waals surface area contributed by atoms with Crippen LogP contribution >= 0.6 is 11.6 Å². The molecular formula is C12H13ClN2O2. The lowest BCUT2D eigenvalue weighted by Gasteiger charge is -2.30. The maximum absolute atomic E-state index is 11.8. The number of benzene rings is 1. The van der Waals surface area contributed by atoms with Gasteiger partial charge in [-0.15, -0.1) is 0 Å². The van der Waals surface area contributed by atoms with E-state index in [-0.39, 0.29) is 24.9 Å². The van der Waals surface area contributed by atoms with Crippen LogP contribution in [0.5, 0.6) is 0 Å². The summed E-state index contributed by atoms with van der Waals surface area (Å²) in [6.07, 6.45) is 0. The molecule has 1 fully saturated rings. The van der Waals surface area contributed by atoms with Crippen molar-refractivity contribution in [3.8, 4) is 0 Å². The van der Waals surface area contributed by atoms with Crippen LogP contribution in [0, 0.1) is 6.92 Å². The molecule has 1 aliphatic heterocycles. The van der Waals surface area contributed by atoms with Crippen LogP contribution in [0.1, 0.15) is 5.56 Å². The summed E-state index contributed by atoms with van der Waals surface area (Å²) in [5.74, 6) is -0.438. The first-order valence-corrected chi connectivity index (χ1v) is 5.67. The van der Waals surface area contributed by atoms with Gasteiger partial charge in [-0.1, -0.05) is 17.7 Å². The van der Waals surface area contributed by atoms with Gasteiger partial charge in [0.05, 0.1) is 18.8 Å². The first-order chi connectivity index (χ1) is 7.99. The highest BCUT2D eigenvalue weighted by atomic mass is 35.5. The zero-order chi connectivity index (χ0) is 12.6. The molecule has 90 valence electrons. The van der Waals surface area contributed by atoms with E-state index in [9.17, 15) is 9.59 Å². The largest absolute Gasteiger partial charge is 0.289 e. The summed E-state index contributed by atoms with van der Waals surface area (Å²) in [4.78, 5) is 26.6. The smallest absolute Gasteiger partial charge is 0.247 e. The Morgan fingerprint density at radius 1 is 1.18 bits per heavy atom. The molecule has 2 rings (SSSR count). The monoisotopic (exact) mass is 252 g/mol. The number of amides is 2. The van der Waals surface area contributed by atoms with Gasteiger partial charge in [-0.25, -0.2) is 4.90 Å². The lowest BCUT2D eigenvalue weighted by molar-refractivity contribution is -0.131. The van der Waals surface area contributed by atoms with Gasteiger partial charge in [0.2, 0.25) is 11.8 Å². The molecule has 5 heteroatoms. The van der Waals surface area contributed by atoms with Crippen LogP contribution in [0.25, 0.3) is 0 Å². The molecular weight excluding hydrogens is 240 g/mol. The first kappa shape index (κ1) is 12.1. The highest BCUT2D eigenvalue weighted by molar-refractivity contribution is 6.32. The summed E-state index contributed by atoms with van der Waals surface area (Å²) in [7, 11) is 1.75. The van der Waals surface area contributed by atoms with Gasteiger partial charge in [-0.05, 0) is 31.7 Å². The number of aryl methyl sites for hydroxylation is 1. The molecule has 2 amide bonds. The van der Waals surface area contributed by atoms with Crippen molar-refractivity contribution in [2.45, 2.75) is 6.92 Å². The minimum Gasteiger partial charge on any atom is -0.289 e. The Balaban J connectivity index is 2.35. The van der Waals surface area contributed by atoms with Crippen molar-refractivity contribution in [3.05, 3.63) is 28.8 Å². The number of rotatable bonds is 1. The third-order valence-electron chi connectivity index (χ3n) is 2.72. The number of carbonyl (C=O) groups excluding carboxylic acids is 2. The van der Waals surface area contributed by atoms with E-state index in [0.717, 1.165) is 5.56 Å². The van der Waals surface area contributed by atoms with Crippen molar-refractivity contribution in [1.29, 1.82) is 0 Å². The Morgan fingerprint density at radius 2 is 1.76 bits per heavy atom. The number of carbonyl (C=O) groups is 2. The van der Waals surface area contributed by atoms with Crippen LogP contribution in [0.3, 0.4) is 0 Å². The molecule has 0 aromatic heterocycles. The number of likely N-dealkylation sites (N-methyl/N-ethyl adjacent to an activating group) is 1. The maximum Gasteiger partial charge on any atom is 0.247 e. The van der Waals surface area contributed by atoms with E-state index in [0.29, 0.717) is 10.7 Å². The molecule has 1 aromatic carbocycles. The Hall–Kier alpha value is -1.39. The van der Waals surface area contributed by atoms with E-state index >= 15 is 0 Å². The molecule has 0 unspecified atom stereocenters. The van der Waals surface area contributed by atoms with Gasteiger partial charge in [0.15, 0.2) is 0 Å². The molecule has 0 aliphatic carbocycles. The van der Waals surface area contributed by atoms with Crippen molar-refractivity contribution in [2.75, 3.05) is 25.0 Å². The second-order valence-electron chi connectivity index (χ2n) is 4.23. The fourth-order valence-electron chi connectivity index (χ4n) is 1.81. The highest BCUT2D eigenvalue weighted by Gasteiger charge is 2.30. The molecule has 1 heterocycles. The SMILES string of the molecule is Cc1ccc(N2C(=O)CN(C)CC2=O)cc1Cl. The molecule has 0 spiro atoms. The molecule has 1 saturated heterocycles. The van der Waals surface area contributed by atoms with Crippen LogP contribution in [0.15, 0.2) is 18.2 Å². The quantitative estimate of drug-likeness (QED) is 0.711. The number of imide groups is 1. The number of hydrogen-bond donors (Lipinski definition) is 0. The van der Waals surface area contributed by atoms with E-state index in [1.54, 1.807) is 30.1 Å². The van der Waals surface area contributed by atoms with E-state index < -0.39 is 0 Å². The second kappa shape index (κ2) is 4.47. The Morgan fingerprint density at radius 3 is 2.29 bits per heavy atom. The minimum atomic E-state index is -0.219. The van der Waals surface area contributed by atoms with Gasteiger partial charge in [-0.2, -0.15) is 0 Å². The van der Waals surface area contributed by atoms with Gasteiger partial charge < -0.3 is 0 Å². The highest BCUT2D eigenvalue weighted by Crippen LogP contribution is 2.24. The average Bonchev–Trinajstić information content (AvgIpc) is 2.21. The summed E-state index contributed by atoms with van der Waals surface area (Å²) in [6, 6.07) is 5.19. The van der Waals surface area contributed by atoms with Gasteiger partial charge >= 0.3 is 0 Å². The van der Waals surface area contributed by atoms with E-state index in [4.69, 9.17) is 11.6 Å². The molecule has 0 atom stereocenters. The summed E-state index contributed by atoms with van der Waals surface area (Å²) in [5, 5.41) is 0.557. The lowest BCUT2D eigenvalue weighted by Crippen LogP contribution is -2.52. The summed E-state index contributed by atoms with van der Waals surface area (Å²) in [6.45, 7) is 2.37. The average molecular weight is 253 g/mol. The number of piperazine rings is 1. The lowest BCUT2D eigenvalue weighted by atomic mass is 10.2. The van der Waals surface area contributed by atoms with Gasteiger partial charge in [-0.3, -0.25) is 14.5 Å². The zero-order valence-corrected chi connectivity index (χ0v) is 10.5. The van der Waals surface area contributed by atoms with Crippen LogP contribution in [0.4, 0.5) is 5.69 Å². The van der Waals surface area contributed by atoms with Crippen molar-refractivity contribution < 1.29 is 9.59 Å². The minimum absolute atomic E-state index is 0.219.